The average Bonchev–Trinajstić information content (AvgIpc) is 2.97. The highest BCUT2D eigenvalue weighted by Crippen LogP contribution is 2.79. The molecule has 3 aliphatic carbocycles. The number of rotatable bonds is 1. The van der Waals surface area contributed by atoms with E-state index in [4.69, 9.17) is 0 Å². The van der Waals surface area contributed by atoms with Gasteiger partial charge in [-0.15, -0.1) is 0 Å². The summed E-state index contributed by atoms with van der Waals surface area (Å²) in [7, 11) is 0. The van der Waals surface area contributed by atoms with E-state index in [1.165, 1.54) is 0 Å². The molecule has 1 N–H and O–H groups in total. The zero-order valence-electron chi connectivity index (χ0n) is 11.5. The SMILES string of the molecule is CC1(C)CCCC2(C)CCC(=O)C3C1C32C(=O)O. The largest absolute Gasteiger partial charge is 0.481 e. The Kier molecular flexibility index (Phi) is 2.15. The van der Waals surface area contributed by atoms with Gasteiger partial charge in [-0.05, 0) is 36.0 Å². The Morgan fingerprint density at radius 2 is 1.89 bits per heavy atom. The van der Waals surface area contributed by atoms with Gasteiger partial charge in [0.2, 0.25) is 0 Å². The van der Waals surface area contributed by atoms with E-state index in [1.807, 2.05) is 0 Å². The number of fused-ring (bicyclic) bond motifs is 1. The van der Waals surface area contributed by atoms with Crippen LogP contribution in [-0.4, -0.2) is 16.9 Å². The lowest BCUT2D eigenvalue weighted by Gasteiger charge is -2.39. The second-order valence-corrected chi connectivity index (χ2v) is 7.50. The van der Waals surface area contributed by atoms with Crippen LogP contribution in [0.1, 0.15) is 52.9 Å². The molecule has 0 aromatic heterocycles. The maximum atomic E-state index is 12.2. The van der Waals surface area contributed by atoms with Crippen LogP contribution < -0.4 is 0 Å². The summed E-state index contributed by atoms with van der Waals surface area (Å²) >= 11 is 0. The first kappa shape index (κ1) is 12.2. The van der Waals surface area contributed by atoms with E-state index in [2.05, 4.69) is 20.8 Å². The van der Waals surface area contributed by atoms with Crippen molar-refractivity contribution >= 4 is 11.8 Å². The Balaban J connectivity index is 2.17. The van der Waals surface area contributed by atoms with Gasteiger partial charge >= 0.3 is 5.97 Å². The molecule has 0 spiro atoms. The third kappa shape index (κ3) is 1.11. The van der Waals surface area contributed by atoms with Crippen LogP contribution >= 0.6 is 0 Å². The van der Waals surface area contributed by atoms with Crippen molar-refractivity contribution in [1.29, 1.82) is 0 Å². The maximum absolute atomic E-state index is 12.2. The van der Waals surface area contributed by atoms with E-state index in [1.54, 1.807) is 0 Å². The number of ketones is 1. The van der Waals surface area contributed by atoms with E-state index in [-0.39, 0.29) is 28.4 Å². The third-order valence-electron chi connectivity index (χ3n) is 6.22. The minimum absolute atomic E-state index is 0.0131. The molecule has 0 saturated heterocycles. The summed E-state index contributed by atoms with van der Waals surface area (Å²) in [4.78, 5) is 24.1. The van der Waals surface area contributed by atoms with Gasteiger partial charge in [-0.2, -0.15) is 0 Å². The van der Waals surface area contributed by atoms with Gasteiger partial charge in [0.15, 0.2) is 0 Å². The predicted molar refractivity (Wildman–Crippen MR) is 67.0 cm³/mol. The summed E-state index contributed by atoms with van der Waals surface area (Å²) < 4.78 is 0. The van der Waals surface area contributed by atoms with Gasteiger partial charge in [0.25, 0.3) is 0 Å². The summed E-state index contributed by atoms with van der Waals surface area (Å²) in [5.74, 6) is -0.660. The molecule has 100 valence electrons. The fourth-order valence-corrected chi connectivity index (χ4v) is 5.35. The quantitative estimate of drug-likeness (QED) is 0.778. The van der Waals surface area contributed by atoms with Crippen LogP contribution in [0.3, 0.4) is 0 Å². The predicted octanol–water partition coefficient (Wildman–Crippen LogP) is 2.88. The van der Waals surface area contributed by atoms with E-state index in [0.29, 0.717) is 6.42 Å². The van der Waals surface area contributed by atoms with Crippen molar-refractivity contribution in [1.82, 2.24) is 0 Å². The van der Waals surface area contributed by atoms with Crippen molar-refractivity contribution in [3.63, 3.8) is 0 Å². The molecule has 0 radical (unpaired) electrons. The number of hydrogen-bond donors (Lipinski definition) is 1. The molecule has 0 aromatic carbocycles. The van der Waals surface area contributed by atoms with Crippen molar-refractivity contribution in [2.45, 2.75) is 52.9 Å². The standard InChI is InChI=1S/C15H22O3/c1-13(2)6-4-7-14(3)8-5-9(16)10-11(13)15(10,14)12(17)18/h10-11H,4-8H2,1-3H3,(H,17,18). The molecule has 4 unspecified atom stereocenters. The molecular formula is C15H22O3. The lowest BCUT2D eigenvalue weighted by Crippen LogP contribution is -2.42. The zero-order valence-corrected chi connectivity index (χ0v) is 11.5. The van der Waals surface area contributed by atoms with Crippen LogP contribution in [0.15, 0.2) is 0 Å². The number of carbonyl (C=O) groups excluding carboxylic acids is 1. The number of carboxylic acids is 1. The summed E-state index contributed by atoms with van der Waals surface area (Å²) in [6.45, 7) is 6.42. The van der Waals surface area contributed by atoms with Crippen LogP contribution in [0.2, 0.25) is 0 Å². The molecule has 18 heavy (non-hydrogen) atoms. The average molecular weight is 250 g/mol. The maximum Gasteiger partial charge on any atom is 0.311 e. The molecular weight excluding hydrogens is 228 g/mol. The molecule has 0 heterocycles. The molecule has 4 atom stereocenters. The fourth-order valence-electron chi connectivity index (χ4n) is 5.35. The number of carbonyl (C=O) groups is 2. The smallest absolute Gasteiger partial charge is 0.311 e. The van der Waals surface area contributed by atoms with Crippen molar-refractivity contribution in [3.8, 4) is 0 Å². The first-order chi connectivity index (χ1) is 8.27. The molecule has 3 heteroatoms. The number of carboxylic acid groups (broad SMARTS) is 1. The summed E-state index contributed by atoms with van der Waals surface area (Å²) in [5.41, 5.74) is -0.932. The Bertz CT molecular complexity index is 439. The van der Waals surface area contributed by atoms with Gasteiger partial charge < -0.3 is 5.11 Å². The summed E-state index contributed by atoms with van der Waals surface area (Å²) in [5, 5.41) is 9.83. The van der Waals surface area contributed by atoms with Crippen molar-refractivity contribution in [3.05, 3.63) is 0 Å². The van der Waals surface area contributed by atoms with Crippen LogP contribution in [0.25, 0.3) is 0 Å². The van der Waals surface area contributed by atoms with E-state index in [9.17, 15) is 14.7 Å². The van der Waals surface area contributed by atoms with Crippen molar-refractivity contribution in [2.75, 3.05) is 0 Å². The minimum Gasteiger partial charge on any atom is -0.481 e. The highest BCUT2D eigenvalue weighted by Gasteiger charge is 2.83. The van der Waals surface area contributed by atoms with Crippen LogP contribution in [-0.2, 0) is 9.59 Å². The summed E-state index contributed by atoms with van der Waals surface area (Å²) in [6.07, 6.45) is 4.45. The fraction of sp³-hybridized carbons (Fsp3) is 0.867. The van der Waals surface area contributed by atoms with Gasteiger partial charge in [0.1, 0.15) is 5.78 Å². The van der Waals surface area contributed by atoms with Gasteiger partial charge in [-0.1, -0.05) is 27.2 Å². The third-order valence-corrected chi connectivity index (χ3v) is 6.22. The molecule has 3 aliphatic rings. The Morgan fingerprint density at radius 3 is 2.50 bits per heavy atom. The molecule has 0 amide bonds. The van der Waals surface area contributed by atoms with E-state index in [0.717, 1.165) is 25.7 Å². The Hall–Kier alpha value is -0.860. The second kappa shape index (κ2) is 3.17. The molecule has 3 fully saturated rings. The number of hydrogen-bond acceptors (Lipinski definition) is 2. The molecule has 0 bridgehead atoms. The number of Topliss-reactive ketones (excluding diaryl/α,β-unsaturated/α-hetero) is 1. The molecule has 3 nitrogen and oxygen atoms in total. The first-order valence-corrected chi connectivity index (χ1v) is 7.03. The zero-order chi connectivity index (χ0) is 13.3. The topological polar surface area (TPSA) is 54.4 Å². The first-order valence-electron chi connectivity index (χ1n) is 7.03. The normalized spacial score (nSPS) is 49.2. The van der Waals surface area contributed by atoms with Gasteiger partial charge in [-0.25, -0.2) is 0 Å². The van der Waals surface area contributed by atoms with Crippen LogP contribution in [0.4, 0.5) is 0 Å². The lowest BCUT2D eigenvalue weighted by atomic mass is 9.63. The van der Waals surface area contributed by atoms with Crippen LogP contribution in [0, 0.1) is 28.1 Å². The monoisotopic (exact) mass is 250 g/mol. The Labute approximate surface area is 108 Å². The highest BCUT2D eigenvalue weighted by atomic mass is 16.4. The van der Waals surface area contributed by atoms with Gasteiger partial charge in [0.05, 0.1) is 5.41 Å². The minimum atomic E-state index is -0.748. The molecule has 0 aliphatic heterocycles. The Morgan fingerprint density at radius 1 is 1.22 bits per heavy atom. The van der Waals surface area contributed by atoms with E-state index >= 15 is 0 Å². The lowest BCUT2D eigenvalue weighted by molar-refractivity contribution is -0.155. The molecule has 3 saturated carbocycles. The van der Waals surface area contributed by atoms with Gasteiger partial charge in [-0.3, -0.25) is 9.59 Å². The van der Waals surface area contributed by atoms with Crippen molar-refractivity contribution in [2.24, 2.45) is 28.1 Å². The molecule has 3 rings (SSSR count). The molecule has 0 aromatic rings. The second-order valence-electron chi connectivity index (χ2n) is 7.50. The van der Waals surface area contributed by atoms with Crippen molar-refractivity contribution < 1.29 is 14.7 Å². The summed E-state index contributed by atoms with van der Waals surface area (Å²) in [6, 6.07) is 0. The highest BCUT2D eigenvalue weighted by molar-refractivity contribution is 5.97. The number of aliphatic carboxylic acids is 1. The van der Waals surface area contributed by atoms with E-state index < -0.39 is 11.4 Å². The van der Waals surface area contributed by atoms with Gasteiger partial charge in [0, 0.05) is 12.3 Å². The van der Waals surface area contributed by atoms with Crippen LogP contribution in [0.5, 0.6) is 0 Å².